The molecule has 52 valence electrons. The largest absolute Gasteiger partial charge is 0.392 e. The zero-order valence-corrected chi connectivity index (χ0v) is 5.96. The summed E-state index contributed by atoms with van der Waals surface area (Å²) in [5.74, 6) is 0.254. The van der Waals surface area contributed by atoms with Gasteiger partial charge in [-0.2, -0.15) is 5.26 Å². The molecule has 0 amide bonds. The van der Waals surface area contributed by atoms with Crippen LogP contribution in [0, 0.1) is 17.2 Å². The summed E-state index contributed by atoms with van der Waals surface area (Å²) in [6.07, 6.45) is 0.762. The van der Waals surface area contributed by atoms with Crippen LogP contribution in [-0.2, 0) is 0 Å². The van der Waals surface area contributed by atoms with Crippen LogP contribution < -0.4 is 0 Å². The van der Waals surface area contributed by atoms with Gasteiger partial charge in [0.1, 0.15) is 0 Å². The Bertz CT molecular complexity index is 106. The smallest absolute Gasteiger partial charge is 0.0695 e. The Morgan fingerprint density at radius 2 is 2.22 bits per heavy atom. The minimum atomic E-state index is -0.431. The highest BCUT2D eigenvalue weighted by Gasteiger charge is 2.10. The van der Waals surface area contributed by atoms with Crippen molar-refractivity contribution in [1.29, 1.82) is 5.26 Å². The number of nitrogens with zero attached hydrogens (tertiary/aromatic N) is 1. The van der Waals surface area contributed by atoms with E-state index in [1.54, 1.807) is 0 Å². The predicted molar refractivity (Wildman–Crippen MR) is 35.7 cm³/mol. The lowest BCUT2D eigenvalue weighted by atomic mass is 10.0. The van der Waals surface area contributed by atoms with Gasteiger partial charge in [0.2, 0.25) is 0 Å². The topological polar surface area (TPSA) is 44.0 Å². The van der Waals surface area contributed by atoms with Crippen LogP contribution in [0.3, 0.4) is 0 Å². The molecule has 0 spiro atoms. The van der Waals surface area contributed by atoms with Crippen molar-refractivity contribution in [1.82, 2.24) is 0 Å². The van der Waals surface area contributed by atoms with Crippen LogP contribution in [0.15, 0.2) is 0 Å². The van der Waals surface area contributed by atoms with Crippen LogP contribution in [-0.4, -0.2) is 11.2 Å². The first-order valence-corrected chi connectivity index (χ1v) is 3.27. The number of aliphatic hydroxyl groups excluding tert-OH is 1. The van der Waals surface area contributed by atoms with Crippen LogP contribution in [0.5, 0.6) is 0 Å². The molecule has 2 heteroatoms. The molecule has 0 rings (SSSR count). The predicted octanol–water partition coefficient (Wildman–Crippen LogP) is 1.31. The summed E-state index contributed by atoms with van der Waals surface area (Å²) < 4.78 is 0. The highest BCUT2D eigenvalue weighted by molar-refractivity contribution is 4.77. The Balaban J connectivity index is 3.48. The van der Waals surface area contributed by atoms with Gasteiger partial charge in [-0.25, -0.2) is 0 Å². The number of hydrogen-bond acceptors (Lipinski definition) is 2. The molecule has 0 aromatic rings. The van der Waals surface area contributed by atoms with Crippen LogP contribution in [0.1, 0.15) is 26.7 Å². The van der Waals surface area contributed by atoms with Crippen molar-refractivity contribution in [2.75, 3.05) is 0 Å². The first-order valence-electron chi connectivity index (χ1n) is 3.27. The van der Waals surface area contributed by atoms with Crippen LogP contribution in [0.25, 0.3) is 0 Å². The van der Waals surface area contributed by atoms with Gasteiger partial charge in [0.05, 0.1) is 18.6 Å². The Labute approximate surface area is 56.1 Å². The van der Waals surface area contributed by atoms with E-state index in [2.05, 4.69) is 0 Å². The minimum absolute atomic E-state index is 0.254. The van der Waals surface area contributed by atoms with Crippen LogP contribution in [0.2, 0.25) is 0 Å². The molecule has 0 saturated carbocycles. The van der Waals surface area contributed by atoms with Crippen molar-refractivity contribution >= 4 is 0 Å². The minimum Gasteiger partial charge on any atom is -0.392 e. The van der Waals surface area contributed by atoms with Crippen molar-refractivity contribution in [3.05, 3.63) is 0 Å². The van der Waals surface area contributed by atoms with E-state index in [1.807, 2.05) is 19.9 Å². The van der Waals surface area contributed by atoms with Crippen molar-refractivity contribution in [2.45, 2.75) is 32.8 Å². The summed E-state index contributed by atoms with van der Waals surface area (Å²) in [4.78, 5) is 0. The molecule has 0 aliphatic heterocycles. The van der Waals surface area contributed by atoms with Gasteiger partial charge in [-0.15, -0.1) is 0 Å². The molecule has 0 aliphatic carbocycles. The molecule has 0 fully saturated rings. The molecular weight excluding hydrogens is 114 g/mol. The number of rotatable bonds is 3. The van der Waals surface area contributed by atoms with Crippen molar-refractivity contribution < 1.29 is 5.11 Å². The van der Waals surface area contributed by atoms with Gasteiger partial charge in [0.25, 0.3) is 0 Å². The third-order valence-electron chi connectivity index (χ3n) is 1.60. The second-order valence-corrected chi connectivity index (χ2v) is 2.32. The molecule has 0 aromatic heterocycles. The molecule has 0 bridgehead atoms. The van der Waals surface area contributed by atoms with E-state index in [0.29, 0.717) is 0 Å². The lowest BCUT2D eigenvalue weighted by molar-refractivity contribution is 0.119. The molecule has 1 N–H and O–H groups in total. The number of nitriles is 1. The molecule has 0 aliphatic rings. The Morgan fingerprint density at radius 1 is 1.67 bits per heavy atom. The third kappa shape index (κ3) is 3.10. The fraction of sp³-hybridized carbons (Fsp3) is 0.857. The normalized spacial score (nSPS) is 16.2. The summed E-state index contributed by atoms with van der Waals surface area (Å²) in [5, 5.41) is 17.3. The van der Waals surface area contributed by atoms with Crippen molar-refractivity contribution in [2.24, 2.45) is 5.92 Å². The maximum absolute atomic E-state index is 9.10. The number of hydrogen-bond donors (Lipinski definition) is 1. The highest BCUT2D eigenvalue weighted by Crippen LogP contribution is 2.09. The summed E-state index contributed by atoms with van der Waals surface area (Å²) in [7, 11) is 0. The Kier molecular flexibility index (Phi) is 4.08. The summed E-state index contributed by atoms with van der Waals surface area (Å²) in [5.41, 5.74) is 0. The molecule has 0 saturated heterocycles. The molecule has 0 heterocycles. The van der Waals surface area contributed by atoms with E-state index < -0.39 is 6.10 Å². The molecule has 2 unspecified atom stereocenters. The second kappa shape index (κ2) is 4.34. The third-order valence-corrected chi connectivity index (χ3v) is 1.60. The molecule has 0 radical (unpaired) electrons. The molecule has 2 atom stereocenters. The van der Waals surface area contributed by atoms with Gasteiger partial charge in [-0.1, -0.05) is 20.3 Å². The lowest BCUT2D eigenvalue weighted by Gasteiger charge is -2.12. The standard InChI is InChI=1S/C7H13NO/c1-3-6(2)7(9)4-5-8/h6-7,9H,3-4H2,1-2H3. The van der Waals surface area contributed by atoms with E-state index in [-0.39, 0.29) is 12.3 Å². The molecule has 0 aromatic carbocycles. The average Bonchev–Trinajstić information content (AvgIpc) is 1.87. The van der Waals surface area contributed by atoms with E-state index in [0.717, 1.165) is 6.42 Å². The zero-order chi connectivity index (χ0) is 7.28. The zero-order valence-electron chi connectivity index (χ0n) is 5.96. The highest BCUT2D eigenvalue weighted by atomic mass is 16.3. The van der Waals surface area contributed by atoms with Gasteiger partial charge in [0, 0.05) is 0 Å². The van der Waals surface area contributed by atoms with Crippen LogP contribution in [0.4, 0.5) is 0 Å². The van der Waals surface area contributed by atoms with Gasteiger partial charge in [-0.3, -0.25) is 0 Å². The van der Waals surface area contributed by atoms with Crippen molar-refractivity contribution in [3.63, 3.8) is 0 Å². The average molecular weight is 127 g/mol. The van der Waals surface area contributed by atoms with E-state index >= 15 is 0 Å². The summed E-state index contributed by atoms with van der Waals surface area (Å²) in [6.45, 7) is 3.95. The molecule has 9 heavy (non-hydrogen) atoms. The fourth-order valence-electron chi connectivity index (χ4n) is 0.567. The fourth-order valence-corrected chi connectivity index (χ4v) is 0.567. The maximum Gasteiger partial charge on any atom is 0.0695 e. The quantitative estimate of drug-likeness (QED) is 0.621. The van der Waals surface area contributed by atoms with Gasteiger partial charge < -0.3 is 5.11 Å². The van der Waals surface area contributed by atoms with E-state index in [1.165, 1.54) is 0 Å². The first kappa shape index (κ1) is 8.45. The number of aliphatic hydroxyl groups is 1. The van der Waals surface area contributed by atoms with E-state index in [9.17, 15) is 0 Å². The molecular formula is C7H13NO. The summed E-state index contributed by atoms with van der Waals surface area (Å²) >= 11 is 0. The van der Waals surface area contributed by atoms with Crippen molar-refractivity contribution in [3.8, 4) is 6.07 Å². The first-order chi connectivity index (χ1) is 4.22. The van der Waals surface area contributed by atoms with Gasteiger partial charge >= 0.3 is 0 Å². The van der Waals surface area contributed by atoms with Gasteiger partial charge in [-0.05, 0) is 5.92 Å². The van der Waals surface area contributed by atoms with Gasteiger partial charge in [0.15, 0.2) is 0 Å². The van der Waals surface area contributed by atoms with E-state index in [4.69, 9.17) is 10.4 Å². The van der Waals surface area contributed by atoms with Crippen LogP contribution >= 0.6 is 0 Å². The Morgan fingerprint density at radius 3 is 2.56 bits per heavy atom. The molecule has 2 nitrogen and oxygen atoms in total. The summed E-state index contributed by atoms with van der Waals surface area (Å²) in [6, 6.07) is 1.93. The maximum atomic E-state index is 9.10. The monoisotopic (exact) mass is 127 g/mol. The SMILES string of the molecule is CCC(C)C(O)CC#N. The second-order valence-electron chi connectivity index (χ2n) is 2.32. The lowest BCUT2D eigenvalue weighted by Crippen LogP contribution is -2.15. The Hall–Kier alpha value is -0.550.